The van der Waals surface area contributed by atoms with Gasteiger partial charge in [0.1, 0.15) is 19.3 Å². The Hall–Kier alpha value is -5.32. The Bertz CT molecular complexity index is 2450. The summed E-state index contributed by atoms with van der Waals surface area (Å²) < 4.78 is 68.0. The Labute approximate surface area is 579 Å². The first-order chi connectivity index (χ1) is 46.7. The van der Waals surface area contributed by atoms with Crippen LogP contribution < -0.4 is 0 Å². The third kappa shape index (κ3) is 67.3. The molecule has 544 valence electrons. The normalized spacial score (nSPS) is 14.9. The van der Waals surface area contributed by atoms with Crippen LogP contribution in [0.2, 0.25) is 0 Å². The van der Waals surface area contributed by atoms with Crippen LogP contribution in [0.1, 0.15) is 246 Å². The number of hydrogen-bond donors (Lipinski definition) is 3. The summed E-state index contributed by atoms with van der Waals surface area (Å²) in [5.41, 5.74) is 0. The maximum Gasteiger partial charge on any atom is 0.472 e. The molecule has 0 aromatic carbocycles. The molecule has 0 rings (SSSR count). The highest BCUT2D eigenvalue weighted by Crippen LogP contribution is 2.45. The number of ether oxygens (including phenoxy) is 4. The van der Waals surface area contributed by atoms with Gasteiger partial charge in [0.15, 0.2) is 12.2 Å². The SMILES string of the molecule is CC/C=C\C/C=C\C/C=C\C/C=C\C/C=C\CC(=O)OCC(COP(=O)(O)OCC(O)COP(=O)(O)OCC(COC(=O)CCCCCCC/C=C\C/C=C\CCC)OC(=O)CCCCCCC/C=C\CCCCCC)OC(=O)C/C=C\C/C=C\C/C=C\C/C=C\C/C=C\CC. The largest absolute Gasteiger partial charge is 0.472 e. The number of rotatable bonds is 65. The van der Waals surface area contributed by atoms with E-state index in [0.717, 1.165) is 141 Å². The van der Waals surface area contributed by atoms with Crippen molar-refractivity contribution in [1.29, 1.82) is 0 Å². The van der Waals surface area contributed by atoms with Crippen LogP contribution in [0.3, 0.4) is 0 Å². The number of aliphatic hydroxyl groups excluding tert-OH is 1. The molecule has 3 N–H and O–H groups in total. The van der Waals surface area contributed by atoms with Crippen LogP contribution >= 0.6 is 15.6 Å². The van der Waals surface area contributed by atoms with Gasteiger partial charge in [-0.1, -0.05) is 250 Å². The van der Waals surface area contributed by atoms with Crippen molar-refractivity contribution in [1.82, 2.24) is 0 Å². The van der Waals surface area contributed by atoms with Crippen LogP contribution in [0.5, 0.6) is 0 Å². The molecule has 0 aliphatic heterocycles. The van der Waals surface area contributed by atoms with Gasteiger partial charge in [-0.05, 0) is 128 Å². The summed E-state index contributed by atoms with van der Waals surface area (Å²) in [6, 6.07) is 0. The van der Waals surface area contributed by atoms with Crippen molar-refractivity contribution in [3.63, 3.8) is 0 Å². The van der Waals surface area contributed by atoms with Crippen LogP contribution in [0, 0.1) is 0 Å². The number of carbonyl (C=O) groups is 4. The second kappa shape index (κ2) is 68.2. The lowest BCUT2D eigenvalue weighted by atomic mass is 10.1. The number of unbranched alkanes of at least 4 members (excludes halogenated alkanes) is 15. The molecule has 0 spiro atoms. The van der Waals surface area contributed by atoms with Crippen molar-refractivity contribution >= 4 is 39.5 Å². The molecule has 19 heteroatoms. The monoisotopic (exact) mass is 1380 g/mol. The van der Waals surface area contributed by atoms with Crippen molar-refractivity contribution in [2.45, 2.75) is 264 Å². The molecule has 5 unspecified atom stereocenters. The van der Waals surface area contributed by atoms with Crippen LogP contribution in [-0.2, 0) is 65.4 Å². The van der Waals surface area contributed by atoms with Crippen molar-refractivity contribution in [2.24, 2.45) is 0 Å². The minimum Gasteiger partial charge on any atom is -0.462 e. The molecule has 0 amide bonds. The summed E-state index contributed by atoms with van der Waals surface area (Å²) in [6.07, 6.45) is 77.5. The quantitative estimate of drug-likeness (QED) is 0.0169. The van der Waals surface area contributed by atoms with Gasteiger partial charge >= 0.3 is 39.5 Å². The van der Waals surface area contributed by atoms with Crippen LogP contribution in [0.4, 0.5) is 0 Å². The lowest BCUT2D eigenvalue weighted by Crippen LogP contribution is -2.30. The van der Waals surface area contributed by atoms with E-state index in [-0.39, 0.29) is 25.7 Å². The molecule has 0 saturated heterocycles. The number of hydrogen-bond acceptors (Lipinski definition) is 15. The second-order valence-electron chi connectivity index (χ2n) is 23.1. The van der Waals surface area contributed by atoms with Crippen molar-refractivity contribution in [2.75, 3.05) is 39.6 Å². The average molecular weight is 1380 g/mol. The van der Waals surface area contributed by atoms with E-state index in [9.17, 15) is 43.2 Å². The van der Waals surface area contributed by atoms with E-state index in [1.807, 2.05) is 24.3 Å². The predicted molar refractivity (Wildman–Crippen MR) is 390 cm³/mol. The van der Waals surface area contributed by atoms with Gasteiger partial charge in [0.2, 0.25) is 0 Å². The lowest BCUT2D eigenvalue weighted by molar-refractivity contribution is -0.161. The Morgan fingerprint density at radius 2 is 0.615 bits per heavy atom. The second-order valence-corrected chi connectivity index (χ2v) is 26.0. The molecule has 0 aliphatic rings. The molecule has 0 aromatic rings. The minimum absolute atomic E-state index is 0.0727. The molecular formula is C77H124O17P2. The molecule has 0 heterocycles. The van der Waals surface area contributed by atoms with Gasteiger partial charge in [-0.3, -0.25) is 37.3 Å². The highest BCUT2D eigenvalue weighted by atomic mass is 31.2. The van der Waals surface area contributed by atoms with Gasteiger partial charge in [-0.15, -0.1) is 0 Å². The first kappa shape index (κ1) is 90.7. The summed E-state index contributed by atoms with van der Waals surface area (Å²) in [5, 5.41) is 10.6. The summed E-state index contributed by atoms with van der Waals surface area (Å²) in [5.74, 6) is -2.52. The molecule has 0 saturated carbocycles. The minimum atomic E-state index is -5.02. The number of phosphoric acid groups is 2. The van der Waals surface area contributed by atoms with Crippen molar-refractivity contribution in [3.05, 3.63) is 158 Å². The number of phosphoric ester groups is 2. The molecule has 0 radical (unpaired) electrons. The highest BCUT2D eigenvalue weighted by Gasteiger charge is 2.30. The van der Waals surface area contributed by atoms with E-state index in [1.165, 1.54) is 25.7 Å². The standard InChI is InChI=1S/C77H124O17P2/c1-5-9-13-17-21-25-29-33-35-39-42-46-50-54-58-62-75(80)88-68-73(94-77(82)64-60-56-52-48-44-40-36-34-30-26-22-18-14-10-6-2)70-92-96(85,86)90-66-71(78)65-89-95(83,84)91-69-72(93-76(81)63-59-55-51-47-43-38-32-28-24-20-16-12-8-4)67-87-74(79)61-57-53-49-45-41-37-31-27-23-19-15-11-7-3/h9-10,13-15,19,21-22,25-28,31-36,42,44,46,48,54,56,58,60,71-73,78H,5-8,11-12,16-18,20,23-24,29-30,37-41,43,45,47,49-53,55,57,59,61-70H2,1-4H3,(H,83,84)(H,85,86)/b13-9-,14-10-,19-15-,25-21-,26-22-,31-27-,32-28-,35-33-,36-34-,46-42-,48-44-,58-54-,60-56-. The van der Waals surface area contributed by atoms with E-state index < -0.39 is 97.5 Å². The zero-order chi connectivity index (χ0) is 70.4. The van der Waals surface area contributed by atoms with E-state index in [1.54, 1.807) is 24.3 Å². The summed E-state index contributed by atoms with van der Waals surface area (Å²) in [7, 11) is -10.0. The fourth-order valence-electron chi connectivity index (χ4n) is 8.63. The molecule has 0 fully saturated rings. The first-order valence-electron chi connectivity index (χ1n) is 35.7. The van der Waals surface area contributed by atoms with Gasteiger partial charge in [-0.25, -0.2) is 9.13 Å². The third-order valence-corrected chi connectivity index (χ3v) is 15.9. The number of carbonyl (C=O) groups excluding carboxylic acids is 4. The molecule has 0 aliphatic carbocycles. The molecule has 17 nitrogen and oxygen atoms in total. The molecular weight excluding hydrogens is 1260 g/mol. The zero-order valence-electron chi connectivity index (χ0n) is 59.0. The van der Waals surface area contributed by atoms with Crippen LogP contribution in [0.25, 0.3) is 0 Å². The molecule has 5 atom stereocenters. The maximum atomic E-state index is 13.0. The van der Waals surface area contributed by atoms with Crippen LogP contribution in [0.15, 0.2) is 158 Å². The number of esters is 4. The number of aliphatic hydroxyl groups is 1. The molecule has 0 aromatic heterocycles. The predicted octanol–water partition coefficient (Wildman–Crippen LogP) is 20.1. The summed E-state index contributed by atoms with van der Waals surface area (Å²) in [6.45, 7) is 4.26. The Kier molecular flexibility index (Phi) is 64.4. The van der Waals surface area contributed by atoms with Gasteiger partial charge < -0.3 is 33.8 Å². The lowest BCUT2D eigenvalue weighted by Gasteiger charge is -2.21. The van der Waals surface area contributed by atoms with E-state index in [0.29, 0.717) is 25.7 Å². The fourth-order valence-corrected chi connectivity index (χ4v) is 10.2. The molecule has 96 heavy (non-hydrogen) atoms. The Morgan fingerprint density at radius 1 is 0.312 bits per heavy atom. The topological polar surface area (TPSA) is 237 Å². The molecule has 0 bridgehead atoms. The summed E-state index contributed by atoms with van der Waals surface area (Å²) >= 11 is 0. The van der Waals surface area contributed by atoms with E-state index in [4.69, 9.17) is 37.0 Å². The first-order valence-corrected chi connectivity index (χ1v) is 38.7. The summed E-state index contributed by atoms with van der Waals surface area (Å²) in [4.78, 5) is 72.5. The third-order valence-electron chi connectivity index (χ3n) is 14.0. The van der Waals surface area contributed by atoms with Gasteiger partial charge in [-0.2, -0.15) is 0 Å². The van der Waals surface area contributed by atoms with Gasteiger partial charge in [0.05, 0.1) is 39.3 Å². The Morgan fingerprint density at radius 3 is 1.02 bits per heavy atom. The van der Waals surface area contributed by atoms with E-state index in [2.05, 4.69) is 137 Å². The van der Waals surface area contributed by atoms with Crippen molar-refractivity contribution in [3.8, 4) is 0 Å². The zero-order valence-corrected chi connectivity index (χ0v) is 60.8. The fraction of sp³-hybridized carbons (Fsp3) is 0.610. The van der Waals surface area contributed by atoms with Crippen molar-refractivity contribution < 1.29 is 80.2 Å². The smallest absolute Gasteiger partial charge is 0.462 e. The van der Waals surface area contributed by atoms with Gasteiger partial charge in [0, 0.05) is 12.8 Å². The average Bonchev–Trinajstić information content (AvgIpc) is 1.36. The Balaban J connectivity index is 5.52. The number of allylic oxidation sites excluding steroid dienone is 24. The maximum absolute atomic E-state index is 13.0. The highest BCUT2D eigenvalue weighted by molar-refractivity contribution is 7.47. The van der Waals surface area contributed by atoms with Gasteiger partial charge in [0.25, 0.3) is 0 Å². The van der Waals surface area contributed by atoms with Crippen LogP contribution in [-0.4, -0.2) is 96.7 Å². The van der Waals surface area contributed by atoms with E-state index >= 15 is 0 Å².